The summed E-state index contributed by atoms with van der Waals surface area (Å²) in [6.07, 6.45) is 2.53. The quantitative estimate of drug-likeness (QED) is 0.544. The maximum absolute atomic E-state index is 15.8. The summed E-state index contributed by atoms with van der Waals surface area (Å²) in [5.41, 5.74) is 3.44. The van der Waals surface area contributed by atoms with E-state index in [9.17, 15) is 0 Å². The molecule has 1 unspecified atom stereocenters. The predicted octanol–water partition coefficient (Wildman–Crippen LogP) is 4.26. The normalized spacial score (nSPS) is 16.7. The number of H-pyrrole nitrogens is 1. The fraction of sp³-hybridized carbons (Fsp3) is 0.318. The summed E-state index contributed by atoms with van der Waals surface area (Å²) in [5, 5.41) is 0. The molecule has 1 atom stereocenters. The summed E-state index contributed by atoms with van der Waals surface area (Å²) in [6, 6.07) is 7.33. The molecule has 1 aliphatic rings. The lowest BCUT2D eigenvalue weighted by Gasteiger charge is -2.21. The minimum Gasteiger partial charge on any atom is -0.458 e. The minimum atomic E-state index is -0.312. The lowest BCUT2D eigenvalue weighted by atomic mass is 10.0. The Labute approximate surface area is 172 Å². The standard InChI is InChI=1S/C22H22FN5O2/c1-12-8-15(18(23)16(9-12)28-7-6-14(10-28)29-3)19-20-22(25-11-24-20)27-21(26-19)17-5-4-13(2)30-17/h4-5,8-9,11,14H,6-7,10H2,1-3H3,(H,24,25,26,27). The van der Waals surface area contributed by atoms with Gasteiger partial charge >= 0.3 is 0 Å². The summed E-state index contributed by atoms with van der Waals surface area (Å²) >= 11 is 0. The fourth-order valence-electron chi connectivity index (χ4n) is 3.98. The van der Waals surface area contributed by atoms with Crippen molar-refractivity contribution >= 4 is 16.9 Å². The second-order valence-electron chi connectivity index (χ2n) is 7.65. The highest BCUT2D eigenvalue weighted by Crippen LogP contribution is 2.36. The first-order chi connectivity index (χ1) is 14.5. The van der Waals surface area contributed by atoms with E-state index in [2.05, 4.69) is 19.9 Å². The van der Waals surface area contributed by atoms with Crippen LogP contribution >= 0.6 is 0 Å². The van der Waals surface area contributed by atoms with E-state index in [1.54, 1.807) is 13.2 Å². The van der Waals surface area contributed by atoms with Crippen molar-refractivity contribution in [2.45, 2.75) is 26.4 Å². The van der Waals surface area contributed by atoms with E-state index < -0.39 is 0 Å². The maximum Gasteiger partial charge on any atom is 0.198 e. The largest absolute Gasteiger partial charge is 0.458 e. The van der Waals surface area contributed by atoms with Crippen molar-refractivity contribution in [3.05, 3.63) is 47.7 Å². The minimum absolute atomic E-state index is 0.112. The molecule has 154 valence electrons. The van der Waals surface area contributed by atoms with Crippen molar-refractivity contribution in [3.63, 3.8) is 0 Å². The van der Waals surface area contributed by atoms with Crippen molar-refractivity contribution < 1.29 is 13.5 Å². The molecule has 7 nitrogen and oxygen atoms in total. The van der Waals surface area contributed by atoms with Crippen LogP contribution in [-0.2, 0) is 4.74 Å². The Hall–Kier alpha value is -3.26. The number of benzene rings is 1. The number of imidazole rings is 1. The zero-order chi connectivity index (χ0) is 20.8. The number of fused-ring (bicyclic) bond motifs is 1. The molecule has 0 radical (unpaired) electrons. The van der Waals surface area contributed by atoms with E-state index >= 15 is 4.39 Å². The predicted molar refractivity (Wildman–Crippen MR) is 112 cm³/mol. The number of rotatable bonds is 4. The maximum atomic E-state index is 15.8. The Kier molecular flexibility index (Phi) is 4.51. The molecule has 1 aliphatic heterocycles. The van der Waals surface area contributed by atoms with E-state index in [1.807, 2.05) is 36.9 Å². The smallest absolute Gasteiger partial charge is 0.198 e. The van der Waals surface area contributed by atoms with Crippen molar-refractivity contribution in [2.75, 3.05) is 25.1 Å². The number of methoxy groups -OCH3 is 1. The van der Waals surface area contributed by atoms with Crippen LogP contribution in [0, 0.1) is 19.7 Å². The van der Waals surface area contributed by atoms with Gasteiger partial charge in [-0.25, -0.2) is 19.3 Å². The number of aromatic amines is 1. The van der Waals surface area contributed by atoms with E-state index in [1.165, 1.54) is 6.33 Å². The Bertz CT molecular complexity index is 1230. The number of hydrogen-bond donors (Lipinski definition) is 1. The van der Waals surface area contributed by atoms with E-state index in [4.69, 9.17) is 9.15 Å². The third-order valence-corrected chi connectivity index (χ3v) is 5.52. The van der Waals surface area contributed by atoms with Crippen LogP contribution < -0.4 is 4.90 Å². The average molecular weight is 407 g/mol. The summed E-state index contributed by atoms with van der Waals surface area (Å²) < 4.78 is 26.9. The van der Waals surface area contributed by atoms with Gasteiger partial charge in [-0.15, -0.1) is 0 Å². The number of aromatic nitrogens is 4. The van der Waals surface area contributed by atoms with Gasteiger partial charge in [0.05, 0.1) is 18.1 Å². The van der Waals surface area contributed by atoms with Crippen LogP contribution in [0.2, 0.25) is 0 Å². The number of nitrogens with one attached hydrogen (secondary N) is 1. The number of nitrogens with zero attached hydrogens (tertiary/aromatic N) is 4. The molecule has 0 saturated carbocycles. The highest BCUT2D eigenvalue weighted by molar-refractivity contribution is 5.89. The molecule has 1 saturated heterocycles. The third kappa shape index (κ3) is 3.13. The molecular formula is C22H22FN5O2. The van der Waals surface area contributed by atoms with Crippen LogP contribution in [0.3, 0.4) is 0 Å². The van der Waals surface area contributed by atoms with Crippen LogP contribution in [-0.4, -0.2) is 46.2 Å². The molecule has 1 N–H and O–H groups in total. The third-order valence-electron chi connectivity index (χ3n) is 5.52. The summed E-state index contributed by atoms with van der Waals surface area (Å²) in [4.78, 5) is 18.5. The molecule has 8 heteroatoms. The van der Waals surface area contributed by atoms with Crippen molar-refractivity contribution in [1.29, 1.82) is 0 Å². The molecule has 0 aliphatic carbocycles. The number of aryl methyl sites for hydroxylation is 2. The molecule has 0 spiro atoms. The Balaban J connectivity index is 1.68. The molecule has 0 amide bonds. The molecular weight excluding hydrogens is 385 g/mol. The van der Waals surface area contributed by atoms with Gasteiger partial charge in [0.25, 0.3) is 0 Å². The van der Waals surface area contributed by atoms with Gasteiger partial charge < -0.3 is 19.0 Å². The highest BCUT2D eigenvalue weighted by Gasteiger charge is 2.27. The topological polar surface area (TPSA) is 80.1 Å². The number of anilines is 1. The monoisotopic (exact) mass is 407 g/mol. The van der Waals surface area contributed by atoms with E-state index in [0.29, 0.717) is 46.2 Å². The lowest BCUT2D eigenvalue weighted by molar-refractivity contribution is 0.121. The molecule has 30 heavy (non-hydrogen) atoms. The van der Waals surface area contributed by atoms with Gasteiger partial charge in [0.15, 0.2) is 23.0 Å². The molecule has 1 fully saturated rings. The molecule has 1 aromatic carbocycles. The van der Waals surface area contributed by atoms with Gasteiger partial charge in [0, 0.05) is 25.8 Å². The fourth-order valence-corrected chi connectivity index (χ4v) is 3.98. The lowest BCUT2D eigenvalue weighted by Crippen LogP contribution is -2.23. The number of halogens is 1. The average Bonchev–Trinajstić information content (AvgIpc) is 3.48. The van der Waals surface area contributed by atoms with Gasteiger partial charge in [-0.05, 0) is 50.1 Å². The molecule has 4 aromatic rings. The van der Waals surface area contributed by atoms with Gasteiger partial charge in [-0.2, -0.15) is 0 Å². The van der Waals surface area contributed by atoms with E-state index in [0.717, 1.165) is 24.3 Å². The Morgan fingerprint density at radius 1 is 1.23 bits per heavy atom. The zero-order valence-corrected chi connectivity index (χ0v) is 17.1. The van der Waals surface area contributed by atoms with E-state index in [-0.39, 0.29) is 11.9 Å². The van der Waals surface area contributed by atoms with Gasteiger partial charge in [0.2, 0.25) is 0 Å². The molecule has 5 rings (SSSR count). The first-order valence-electron chi connectivity index (χ1n) is 9.89. The van der Waals surface area contributed by atoms with Gasteiger partial charge in [-0.1, -0.05) is 0 Å². The SMILES string of the molecule is COC1CCN(c2cc(C)cc(-c3nc(-c4ccc(C)o4)nc4nc[nH]c34)c2F)C1. The second-order valence-corrected chi connectivity index (χ2v) is 7.65. The van der Waals surface area contributed by atoms with Crippen LogP contribution in [0.5, 0.6) is 0 Å². The van der Waals surface area contributed by atoms with Gasteiger partial charge in [-0.3, -0.25) is 0 Å². The van der Waals surface area contributed by atoms with Crippen LogP contribution in [0.25, 0.3) is 34.0 Å². The van der Waals surface area contributed by atoms with Crippen molar-refractivity contribution in [1.82, 2.24) is 19.9 Å². The summed E-state index contributed by atoms with van der Waals surface area (Å²) in [5.74, 6) is 1.34. The Morgan fingerprint density at radius 3 is 2.83 bits per heavy atom. The van der Waals surface area contributed by atoms with Crippen LogP contribution in [0.15, 0.2) is 35.0 Å². The van der Waals surface area contributed by atoms with Crippen molar-refractivity contribution in [2.24, 2.45) is 0 Å². The number of furan rings is 1. The van der Waals surface area contributed by atoms with Crippen LogP contribution in [0.4, 0.5) is 10.1 Å². The van der Waals surface area contributed by atoms with Gasteiger partial charge in [0.1, 0.15) is 17.0 Å². The number of hydrogen-bond acceptors (Lipinski definition) is 6. The second kappa shape index (κ2) is 7.21. The number of ether oxygens (including phenoxy) is 1. The molecule has 3 aromatic heterocycles. The highest BCUT2D eigenvalue weighted by atomic mass is 19.1. The van der Waals surface area contributed by atoms with Crippen LogP contribution in [0.1, 0.15) is 17.7 Å². The first kappa shape index (κ1) is 18.7. The Morgan fingerprint density at radius 2 is 2.10 bits per heavy atom. The first-order valence-corrected chi connectivity index (χ1v) is 9.89. The summed E-state index contributed by atoms with van der Waals surface area (Å²) in [7, 11) is 1.69. The van der Waals surface area contributed by atoms with Crippen molar-refractivity contribution in [3.8, 4) is 22.8 Å². The zero-order valence-electron chi connectivity index (χ0n) is 17.1. The molecule has 4 heterocycles. The molecule has 0 bridgehead atoms. The summed E-state index contributed by atoms with van der Waals surface area (Å²) in [6.45, 7) is 5.22.